The van der Waals surface area contributed by atoms with Gasteiger partial charge in [-0.15, -0.1) is 0 Å². The Balaban J connectivity index is 3.20. The first kappa shape index (κ1) is 10.7. The maximum Gasteiger partial charge on any atom is 0.263 e. The highest BCUT2D eigenvalue weighted by Crippen LogP contribution is 2.30. The summed E-state index contributed by atoms with van der Waals surface area (Å²) in [5.74, 6) is 0. The third-order valence-corrected chi connectivity index (χ3v) is 2.25. The Kier molecular flexibility index (Phi) is 3.47. The molecule has 0 aromatic heterocycles. The molecule has 0 amide bonds. The minimum atomic E-state index is -2.61. The van der Waals surface area contributed by atoms with Gasteiger partial charge in [-0.25, -0.2) is 8.78 Å². The van der Waals surface area contributed by atoms with Crippen LogP contribution in [0, 0.1) is 0 Å². The van der Waals surface area contributed by atoms with E-state index in [1.807, 2.05) is 0 Å². The Labute approximate surface area is 83.9 Å². The molecule has 13 heavy (non-hydrogen) atoms. The molecule has 0 aliphatic carbocycles. The molecule has 5 heteroatoms. The van der Waals surface area contributed by atoms with Crippen LogP contribution < -0.4 is 0 Å². The van der Waals surface area contributed by atoms with Crippen LogP contribution in [0.15, 0.2) is 12.1 Å². The van der Waals surface area contributed by atoms with E-state index in [4.69, 9.17) is 28.3 Å². The molecular formula is C8H6Cl2F2O. The average molecular weight is 227 g/mol. The summed E-state index contributed by atoms with van der Waals surface area (Å²) in [4.78, 5) is 0. The molecule has 0 radical (unpaired) electrons. The van der Waals surface area contributed by atoms with Crippen molar-refractivity contribution in [3.63, 3.8) is 0 Å². The van der Waals surface area contributed by atoms with Crippen LogP contribution in [0.1, 0.15) is 17.6 Å². The molecule has 1 rings (SSSR count). The van der Waals surface area contributed by atoms with Crippen LogP contribution in [-0.4, -0.2) is 5.11 Å². The summed E-state index contributed by atoms with van der Waals surface area (Å²) in [6.07, 6.45) is -2.61. The summed E-state index contributed by atoms with van der Waals surface area (Å²) in [6.45, 7) is -0.360. The number of aliphatic hydroxyl groups excluding tert-OH is 1. The van der Waals surface area contributed by atoms with Gasteiger partial charge >= 0.3 is 0 Å². The average Bonchev–Trinajstić information content (AvgIpc) is 2.03. The van der Waals surface area contributed by atoms with Crippen LogP contribution in [0.5, 0.6) is 0 Å². The van der Waals surface area contributed by atoms with Gasteiger partial charge in [-0.1, -0.05) is 23.2 Å². The Bertz CT molecular complexity index is 292. The topological polar surface area (TPSA) is 20.2 Å². The molecule has 0 aliphatic rings. The zero-order chi connectivity index (χ0) is 10.0. The van der Waals surface area contributed by atoms with E-state index >= 15 is 0 Å². The lowest BCUT2D eigenvalue weighted by Crippen LogP contribution is -1.91. The Morgan fingerprint density at radius 3 is 2.00 bits per heavy atom. The van der Waals surface area contributed by atoms with E-state index in [1.54, 1.807) is 0 Å². The molecule has 0 heterocycles. The second-order valence-electron chi connectivity index (χ2n) is 2.42. The number of hydrogen-bond acceptors (Lipinski definition) is 1. The maximum absolute atomic E-state index is 12.2. The quantitative estimate of drug-likeness (QED) is 0.820. The fourth-order valence-corrected chi connectivity index (χ4v) is 1.52. The van der Waals surface area contributed by atoms with Crippen LogP contribution in [0.3, 0.4) is 0 Å². The molecular weight excluding hydrogens is 221 g/mol. The molecule has 0 aliphatic heterocycles. The lowest BCUT2D eigenvalue weighted by atomic mass is 10.1. The van der Waals surface area contributed by atoms with E-state index in [0.29, 0.717) is 0 Å². The number of benzene rings is 1. The second kappa shape index (κ2) is 4.22. The van der Waals surface area contributed by atoms with Crippen LogP contribution in [0.4, 0.5) is 8.78 Å². The molecule has 1 N–H and O–H groups in total. The van der Waals surface area contributed by atoms with Gasteiger partial charge in [0.2, 0.25) is 0 Å². The van der Waals surface area contributed by atoms with Crippen molar-refractivity contribution in [2.24, 2.45) is 0 Å². The van der Waals surface area contributed by atoms with E-state index in [0.717, 1.165) is 12.1 Å². The molecule has 0 atom stereocenters. The summed E-state index contributed by atoms with van der Waals surface area (Å²) in [6, 6.07) is 2.20. The molecule has 0 spiro atoms. The monoisotopic (exact) mass is 226 g/mol. The number of halogens is 4. The molecule has 0 saturated carbocycles. The fraction of sp³-hybridized carbons (Fsp3) is 0.250. The summed E-state index contributed by atoms with van der Waals surface area (Å²) < 4.78 is 24.4. The van der Waals surface area contributed by atoms with E-state index in [2.05, 4.69) is 0 Å². The van der Waals surface area contributed by atoms with Crippen molar-refractivity contribution < 1.29 is 13.9 Å². The summed E-state index contributed by atoms with van der Waals surface area (Å²) in [7, 11) is 0. The number of rotatable bonds is 2. The third kappa shape index (κ3) is 2.30. The molecule has 1 nitrogen and oxygen atoms in total. The molecule has 0 unspecified atom stereocenters. The normalized spacial score (nSPS) is 10.9. The summed E-state index contributed by atoms with van der Waals surface area (Å²) >= 11 is 11.2. The van der Waals surface area contributed by atoms with Gasteiger partial charge in [0.15, 0.2) is 0 Å². The van der Waals surface area contributed by atoms with E-state index in [1.165, 1.54) is 0 Å². The van der Waals surface area contributed by atoms with Crippen molar-refractivity contribution in [1.29, 1.82) is 0 Å². The van der Waals surface area contributed by atoms with Gasteiger partial charge < -0.3 is 5.11 Å². The van der Waals surface area contributed by atoms with Crippen LogP contribution >= 0.6 is 23.2 Å². The Hall–Kier alpha value is -0.380. The van der Waals surface area contributed by atoms with Gasteiger partial charge in [-0.2, -0.15) is 0 Å². The fourth-order valence-electron chi connectivity index (χ4n) is 0.900. The SMILES string of the molecule is OCc1c(Cl)cc(C(F)F)cc1Cl. The second-order valence-corrected chi connectivity index (χ2v) is 3.24. The van der Waals surface area contributed by atoms with Crippen molar-refractivity contribution in [2.75, 3.05) is 0 Å². The molecule has 1 aromatic carbocycles. The predicted octanol–water partition coefficient (Wildman–Crippen LogP) is 3.42. The van der Waals surface area contributed by atoms with Gasteiger partial charge in [0.25, 0.3) is 6.43 Å². The van der Waals surface area contributed by atoms with Gasteiger partial charge in [0.05, 0.1) is 6.61 Å². The zero-order valence-electron chi connectivity index (χ0n) is 6.40. The third-order valence-electron chi connectivity index (χ3n) is 1.57. The van der Waals surface area contributed by atoms with Crippen molar-refractivity contribution in [3.8, 4) is 0 Å². The van der Waals surface area contributed by atoms with Crippen molar-refractivity contribution in [1.82, 2.24) is 0 Å². The molecule has 0 bridgehead atoms. The first-order valence-corrected chi connectivity index (χ1v) is 4.18. The molecule has 1 aromatic rings. The standard InChI is InChI=1S/C8H6Cl2F2O/c9-6-1-4(8(11)12)2-7(10)5(6)3-13/h1-2,8,13H,3H2. The largest absolute Gasteiger partial charge is 0.392 e. The lowest BCUT2D eigenvalue weighted by Gasteiger charge is -2.06. The molecule has 0 fully saturated rings. The minimum Gasteiger partial charge on any atom is -0.392 e. The minimum absolute atomic E-state index is 0.0605. The number of alkyl halides is 2. The number of hydrogen-bond donors (Lipinski definition) is 1. The Morgan fingerprint density at radius 2 is 1.69 bits per heavy atom. The number of aliphatic hydroxyl groups is 1. The van der Waals surface area contributed by atoms with Crippen molar-refractivity contribution in [2.45, 2.75) is 13.0 Å². The van der Waals surface area contributed by atoms with E-state index < -0.39 is 6.43 Å². The van der Waals surface area contributed by atoms with Crippen LogP contribution in [0.2, 0.25) is 10.0 Å². The summed E-state index contributed by atoms with van der Waals surface area (Å²) in [5.41, 5.74) is 0.0277. The smallest absolute Gasteiger partial charge is 0.263 e. The van der Waals surface area contributed by atoms with Crippen LogP contribution in [0.25, 0.3) is 0 Å². The highest BCUT2D eigenvalue weighted by atomic mass is 35.5. The lowest BCUT2D eigenvalue weighted by molar-refractivity contribution is 0.151. The maximum atomic E-state index is 12.2. The molecule has 0 saturated heterocycles. The highest BCUT2D eigenvalue weighted by molar-refractivity contribution is 6.36. The van der Waals surface area contributed by atoms with Gasteiger partial charge in [0, 0.05) is 21.2 Å². The van der Waals surface area contributed by atoms with E-state index in [9.17, 15) is 8.78 Å². The Morgan fingerprint density at radius 1 is 1.23 bits per heavy atom. The molecule has 72 valence electrons. The van der Waals surface area contributed by atoms with E-state index in [-0.39, 0.29) is 27.8 Å². The predicted molar refractivity (Wildman–Crippen MR) is 47.3 cm³/mol. The first-order chi connectivity index (χ1) is 6.06. The van der Waals surface area contributed by atoms with Gasteiger partial charge in [-0.3, -0.25) is 0 Å². The van der Waals surface area contributed by atoms with Gasteiger partial charge in [0.1, 0.15) is 0 Å². The van der Waals surface area contributed by atoms with Crippen molar-refractivity contribution in [3.05, 3.63) is 33.3 Å². The van der Waals surface area contributed by atoms with Gasteiger partial charge in [-0.05, 0) is 12.1 Å². The van der Waals surface area contributed by atoms with Crippen LogP contribution in [-0.2, 0) is 6.61 Å². The van der Waals surface area contributed by atoms with Crippen molar-refractivity contribution >= 4 is 23.2 Å². The summed E-state index contributed by atoms with van der Waals surface area (Å²) in [5, 5.41) is 8.89. The first-order valence-electron chi connectivity index (χ1n) is 3.43. The zero-order valence-corrected chi connectivity index (χ0v) is 7.91. The highest BCUT2D eigenvalue weighted by Gasteiger charge is 2.12.